The van der Waals surface area contributed by atoms with Crippen molar-refractivity contribution in [3.05, 3.63) is 0 Å². The largest absolute Gasteiger partial charge is 0.330 e. The van der Waals surface area contributed by atoms with E-state index in [4.69, 9.17) is 5.73 Å². The maximum Gasteiger partial charge on any atom is -0.00773 e. The number of rotatable bonds is 6. The van der Waals surface area contributed by atoms with Crippen LogP contribution in [0.3, 0.4) is 0 Å². The van der Waals surface area contributed by atoms with Crippen LogP contribution in [0.4, 0.5) is 0 Å². The molecule has 120 valence electrons. The van der Waals surface area contributed by atoms with Crippen LogP contribution in [0.2, 0.25) is 0 Å². The minimum atomic E-state index is 0.474. The van der Waals surface area contributed by atoms with Gasteiger partial charge in [0.05, 0.1) is 0 Å². The van der Waals surface area contributed by atoms with Gasteiger partial charge in [-0.25, -0.2) is 0 Å². The Bertz CT molecular complexity index is 268. The fraction of sp³-hybridized carbons (Fsp3) is 1.00. The molecule has 1 unspecified atom stereocenters. The Kier molecular flexibility index (Phi) is 6.57. The van der Waals surface area contributed by atoms with Crippen molar-refractivity contribution in [2.24, 2.45) is 34.3 Å². The van der Waals surface area contributed by atoms with E-state index in [-0.39, 0.29) is 0 Å². The Morgan fingerprint density at radius 3 is 1.90 bits per heavy atom. The summed E-state index contributed by atoms with van der Waals surface area (Å²) in [5, 5.41) is 0. The number of hydrogen-bond acceptors (Lipinski definition) is 1. The van der Waals surface area contributed by atoms with Crippen molar-refractivity contribution in [2.75, 3.05) is 6.54 Å². The highest BCUT2D eigenvalue weighted by Crippen LogP contribution is 2.52. The van der Waals surface area contributed by atoms with Gasteiger partial charge in [-0.3, -0.25) is 0 Å². The van der Waals surface area contributed by atoms with Crippen molar-refractivity contribution in [3.63, 3.8) is 0 Å². The van der Waals surface area contributed by atoms with E-state index >= 15 is 0 Å². The normalized spacial score (nSPS) is 28.1. The molecule has 0 radical (unpaired) electrons. The second-order valence-electron chi connectivity index (χ2n) is 9.26. The zero-order valence-corrected chi connectivity index (χ0v) is 15.0. The third kappa shape index (κ3) is 5.39. The maximum absolute atomic E-state index is 5.58. The molecule has 0 saturated heterocycles. The first-order valence-electron chi connectivity index (χ1n) is 8.86. The Morgan fingerprint density at radius 1 is 0.800 bits per heavy atom. The van der Waals surface area contributed by atoms with Crippen LogP contribution in [-0.2, 0) is 0 Å². The molecule has 1 rings (SSSR count). The molecule has 0 heterocycles. The first kappa shape index (κ1) is 18.0. The van der Waals surface area contributed by atoms with Gasteiger partial charge in [0.25, 0.3) is 0 Å². The van der Waals surface area contributed by atoms with Gasteiger partial charge < -0.3 is 5.73 Å². The molecule has 20 heavy (non-hydrogen) atoms. The molecule has 0 aliphatic heterocycles. The van der Waals surface area contributed by atoms with Gasteiger partial charge in [-0.05, 0) is 54.4 Å². The van der Waals surface area contributed by atoms with Crippen LogP contribution in [-0.4, -0.2) is 6.54 Å². The summed E-state index contributed by atoms with van der Waals surface area (Å²) in [7, 11) is 0. The first-order chi connectivity index (χ1) is 9.16. The molecule has 0 aromatic rings. The standard InChI is InChI=1S/C19H39N/c1-18(2,3)16-13-15(11-9-7-8-10-12-20)17(14-16)19(4,5)6/h15-17H,7-14,20H2,1-6H3/t15-,16+,17?/m0/s1. The average Bonchev–Trinajstić information content (AvgIpc) is 2.72. The van der Waals surface area contributed by atoms with Crippen LogP contribution in [0.5, 0.6) is 0 Å². The van der Waals surface area contributed by atoms with Crippen LogP contribution in [0, 0.1) is 28.6 Å². The van der Waals surface area contributed by atoms with E-state index < -0.39 is 0 Å². The highest BCUT2D eigenvalue weighted by atomic mass is 14.5. The van der Waals surface area contributed by atoms with Crippen molar-refractivity contribution in [2.45, 2.75) is 86.5 Å². The minimum Gasteiger partial charge on any atom is -0.330 e. The van der Waals surface area contributed by atoms with Gasteiger partial charge >= 0.3 is 0 Å². The summed E-state index contributed by atoms with van der Waals surface area (Å²) in [6.07, 6.45) is 9.67. The van der Waals surface area contributed by atoms with Crippen LogP contribution in [0.15, 0.2) is 0 Å². The minimum absolute atomic E-state index is 0.474. The Hall–Kier alpha value is -0.0400. The lowest BCUT2D eigenvalue weighted by molar-refractivity contribution is 0.168. The molecule has 0 aromatic heterocycles. The first-order valence-corrected chi connectivity index (χ1v) is 8.86. The zero-order chi connectivity index (χ0) is 15.4. The van der Waals surface area contributed by atoms with E-state index in [0.717, 1.165) is 24.3 Å². The molecule has 0 amide bonds. The topological polar surface area (TPSA) is 26.0 Å². The third-order valence-electron chi connectivity index (χ3n) is 5.56. The fourth-order valence-electron chi connectivity index (χ4n) is 4.12. The predicted octanol–water partition coefficient (Wildman–Crippen LogP) is 5.63. The summed E-state index contributed by atoms with van der Waals surface area (Å²) in [5.41, 5.74) is 6.54. The van der Waals surface area contributed by atoms with Gasteiger partial charge in [-0.1, -0.05) is 67.2 Å². The van der Waals surface area contributed by atoms with E-state index in [1.807, 2.05) is 0 Å². The summed E-state index contributed by atoms with van der Waals surface area (Å²) < 4.78 is 0. The summed E-state index contributed by atoms with van der Waals surface area (Å²) >= 11 is 0. The van der Waals surface area contributed by atoms with E-state index in [1.165, 1.54) is 44.9 Å². The molecular weight excluding hydrogens is 242 g/mol. The van der Waals surface area contributed by atoms with E-state index in [9.17, 15) is 0 Å². The molecule has 1 nitrogen and oxygen atoms in total. The summed E-state index contributed by atoms with van der Waals surface area (Å²) in [5.74, 6) is 2.79. The van der Waals surface area contributed by atoms with Gasteiger partial charge in [-0.15, -0.1) is 0 Å². The predicted molar refractivity (Wildman–Crippen MR) is 90.8 cm³/mol. The molecular formula is C19H39N. The number of hydrogen-bond donors (Lipinski definition) is 1. The van der Waals surface area contributed by atoms with Crippen molar-refractivity contribution < 1.29 is 0 Å². The van der Waals surface area contributed by atoms with Gasteiger partial charge in [0.1, 0.15) is 0 Å². The maximum atomic E-state index is 5.58. The van der Waals surface area contributed by atoms with Gasteiger partial charge in [0, 0.05) is 0 Å². The van der Waals surface area contributed by atoms with Gasteiger partial charge in [-0.2, -0.15) is 0 Å². The second-order valence-corrected chi connectivity index (χ2v) is 9.26. The Balaban J connectivity index is 2.52. The van der Waals surface area contributed by atoms with Crippen LogP contribution < -0.4 is 5.73 Å². The van der Waals surface area contributed by atoms with Crippen molar-refractivity contribution in [1.82, 2.24) is 0 Å². The van der Waals surface area contributed by atoms with Crippen molar-refractivity contribution in [1.29, 1.82) is 0 Å². The number of nitrogens with two attached hydrogens (primary N) is 1. The molecule has 2 N–H and O–H groups in total. The summed E-state index contributed by atoms with van der Waals surface area (Å²) in [6, 6.07) is 0. The fourth-order valence-corrected chi connectivity index (χ4v) is 4.12. The molecule has 3 atom stereocenters. The Morgan fingerprint density at radius 2 is 1.40 bits per heavy atom. The lowest BCUT2D eigenvalue weighted by Gasteiger charge is -2.33. The van der Waals surface area contributed by atoms with Crippen LogP contribution in [0.1, 0.15) is 86.5 Å². The molecule has 1 saturated carbocycles. The van der Waals surface area contributed by atoms with E-state index in [0.29, 0.717) is 10.8 Å². The van der Waals surface area contributed by atoms with Crippen LogP contribution in [0.25, 0.3) is 0 Å². The average molecular weight is 282 g/mol. The lowest BCUT2D eigenvalue weighted by Crippen LogP contribution is -2.24. The highest BCUT2D eigenvalue weighted by molar-refractivity contribution is 4.93. The second kappa shape index (κ2) is 7.29. The van der Waals surface area contributed by atoms with Crippen molar-refractivity contribution in [3.8, 4) is 0 Å². The highest BCUT2D eigenvalue weighted by Gasteiger charge is 2.43. The molecule has 1 aliphatic rings. The monoisotopic (exact) mass is 281 g/mol. The molecule has 0 bridgehead atoms. The third-order valence-corrected chi connectivity index (χ3v) is 5.56. The molecule has 1 fully saturated rings. The summed E-state index contributed by atoms with van der Waals surface area (Å²) in [6.45, 7) is 15.5. The smallest absolute Gasteiger partial charge is 0.00773 e. The SMILES string of the molecule is CC(C)(C)C1C[C@H](C(C)(C)C)C[C@@H]1CCCCCCN. The van der Waals surface area contributed by atoms with Gasteiger partial charge in [0.2, 0.25) is 0 Å². The van der Waals surface area contributed by atoms with E-state index in [1.54, 1.807) is 0 Å². The van der Waals surface area contributed by atoms with Gasteiger partial charge in [0.15, 0.2) is 0 Å². The van der Waals surface area contributed by atoms with Crippen LogP contribution >= 0.6 is 0 Å². The Labute approximate surface area is 128 Å². The molecule has 1 aliphatic carbocycles. The van der Waals surface area contributed by atoms with Crippen molar-refractivity contribution >= 4 is 0 Å². The summed E-state index contributed by atoms with van der Waals surface area (Å²) in [4.78, 5) is 0. The lowest BCUT2D eigenvalue weighted by atomic mass is 9.72. The quantitative estimate of drug-likeness (QED) is 0.627. The molecule has 0 spiro atoms. The van der Waals surface area contributed by atoms with E-state index in [2.05, 4.69) is 41.5 Å². The zero-order valence-electron chi connectivity index (χ0n) is 15.0. The molecule has 1 heteroatoms. The number of unbranched alkanes of at least 4 members (excludes halogenated alkanes) is 3. The molecule has 0 aromatic carbocycles.